The highest BCUT2D eigenvalue weighted by molar-refractivity contribution is 6.30. The normalized spacial score (nSPS) is 12.7. The average Bonchev–Trinajstić information content (AvgIpc) is 3.68. The van der Waals surface area contributed by atoms with Crippen molar-refractivity contribution in [3.05, 3.63) is 95.1 Å². The molecule has 1 aromatic heterocycles. The van der Waals surface area contributed by atoms with E-state index < -0.39 is 0 Å². The van der Waals surface area contributed by atoms with Gasteiger partial charge in [-0.05, 0) is 62.2 Å². The van der Waals surface area contributed by atoms with E-state index in [0.29, 0.717) is 28.0 Å². The minimum Gasteiger partial charge on any atom is -0.497 e. The molecule has 1 aliphatic carbocycles. The van der Waals surface area contributed by atoms with Crippen LogP contribution in [0.4, 0.5) is 5.95 Å². The molecule has 0 spiro atoms. The lowest BCUT2D eigenvalue weighted by molar-refractivity contribution is -0.117. The van der Waals surface area contributed by atoms with Gasteiger partial charge >= 0.3 is 0 Å². The van der Waals surface area contributed by atoms with Crippen LogP contribution in [0.15, 0.2) is 79.0 Å². The maximum atomic E-state index is 13.3. The first kappa shape index (κ1) is 24.6. The Kier molecular flexibility index (Phi) is 6.97. The molecular weight excluding hydrogens is 488 g/mol. The minimum absolute atomic E-state index is 0.0472. The molecule has 7 nitrogen and oxygen atoms in total. The number of benzene rings is 3. The van der Waals surface area contributed by atoms with Gasteiger partial charge in [0.1, 0.15) is 12.3 Å². The van der Waals surface area contributed by atoms with E-state index in [-0.39, 0.29) is 24.4 Å². The standard InChI is InChI=1S/C29H27ClN4O3/c1-19-6-12-24(13-7-19)34-17-26(20-8-10-22(30)11-9-20)31-29(34)32-27(35)18-33(23-14-15-23)28(36)21-4-3-5-25(16-21)37-2/h3-13,16-17,23H,14-15,18H2,1-2H3,(H,31,32,35). The third-order valence-electron chi connectivity index (χ3n) is 6.29. The van der Waals surface area contributed by atoms with E-state index in [9.17, 15) is 9.59 Å². The lowest BCUT2D eigenvalue weighted by atomic mass is 10.2. The number of amides is 2. The van der Waals surface area contributed by atoms with Crippen LogP contribution in [0.3, 0.4) is 0 Å². The summed E-state index contributed by atoms with van der Waals surface area (Å²) in [6.45, 7) is 1.95. The lowest BCUT2D eigenvalue weighted by Gasteiger charge is -2.22. The van der Waals surface area contributed by atoms with Crippen LogP contribution in [0, 0.1) is 6.92 Å². The Hall–Kier alpha value is -4.10. The zero-order valence-electron chi connectivity index (χ0n) is 20.6. The van der Waals surface area contributed by atoms with Gasteiger partial charge in [0, 0.05) is 34.1 Å². The molecule has 5 rings (SSSR count). The van der Waals surface area contributed by atoms with Crippen LogP contribution in [0.25, 0.3) is 16.9 Å². The van der Waals surface area contributed by atoms with Crippen molar-refractivity contribution in [2.24, 2.45) is 0 Å². The van der Waals surface area contributed by atoms with Crippen molar-refractivity contribution in [1.82, 2.24) is 14.5 Å². The van der Waals surface area contributed by atoms with Crippen LogP contribution in [0.2, 0.25) is 5.02 Å². The number of hydrogen-bond donors (Lipinski definition) is 1. The van der Waals surface area contributed by atoms with Gasteiger partial charge in [-0.25, -0.2) is 4.98 Å². The van der Waals surface area contributed by atoms with Gasteiger partial charge in [-0.2, -0.15) is 0 Å². The Labute approximate surface area is 220 Å². The van der Waals surface area contributed by atoms with E-state index in [0.717, 1.165) is 29.7 Å². The number of halogens is 1. The summed E-state index contributed by atoms with van der Waals surface area (Å²) in [5, 5.41) is 3.57. The summed E-state index contributed by atoms with van der Waals surface area (Å²) >= 11 is 6.06. The highest BCUT2D eigenvalue weighted by Crippen LogP contribution is 2.30. The van der Waals surface area contributed by atoms with E-state index in [1.54, 1.807) is 48.4 Å². The molecule has 1 saturated carbocycles. The molecule has 0 aliphatic heterocycles. The molecule has 1 fully saturated rings. The molecule has 2 amide bonds. The van der Waals surface area contributed by atoms with Gasteiger partial charge in [-0.15, -0.1) is 0 Å². The number of ether oxygens (including phenoxy) is 1. The number of carbonyl (C=O) groups is 2. The van der Waals surface area contributed by atoms with Gasteiger partial charge in [-0.3, -0.25) is 19.5 Å². The van der Waals surface area contributed by atoms with Gasteiger partial charge in [0.15, 0.2) is 0 Å². The van der Waals surface area contributed by atoms with Crippen molar-refractivity contribution < 1.29 is 14.3 Å². The Morgan fingerprint density at radius 1 is 1.08 bits per heavy atom. The van der Waals surface area contributed by atoms with Crippen molar-refractivity contribution in [3.63, 3.8) is 0 Å². The Morgan fingerprint density at radius 2 is 1.81 bits per heavy atom. The van der Waals surface area contributed by atoms with Crippen molar-refractivity contribution in [1.29, 1.82) is 0 Å². The summed E-state index contributed by atoms with van der Waals surface area (Å²) in [7, 11) is 1.56. The molecule has 0 atom stereocenters. The summed E-state index contributed by atoms with van der Waals surface area (Å²) in [4.78, 5) is 32.9. The smallest absolute Gasteiger partial charge is 0.254 e. The van der Waals surface area contributed by atoms with Crippen LogP contribution in [-0.2, 0) is 4.79 Å². The van der Waals surface area contributed by atoms with Gasteiger partial charge in [0.2, 0.25) is 11.9 Å². The predicted molar refractivity (Wildman–Crippen MR) is 144 cm³/mol. The molecule has 3 aromatic carbocycles. The summed E-state index contributed by atoms with van der Waals surface area (Å²) in [6, 6.07) is 22.4. The van der Waals surface area contributed by atoms with Crippen LogP contribution in [0.1, 0.15) is 28.8 Å². The highest BCUT2D eigenvalue weighted by Gasteiger charge is 2.34. The molecule has 0 bridgehead atoms. The Morgan fingerprint density at radius 3 is 2.49 bits per heavy atom. The van der Waals surface area contributed by atoms with E-state index in [1.807, 2.05) is 54.1 Å². The Balaban J connectivity index is 1.41. The maximum absolute atomic E-state index is 13.3. The SMILES string of the molecule is COc1cccc(C(=O)N(CC(=O)Nc2nc(-c3ccc(Cl)cc3)cn2-c2ccc(C)cc2)C2CC2)c1. The first-order valence-corrected chi connectivity index (χ1v) is 12.5. The topological polar surface area (TPSA) is 76.5 Å². The van der Waals surface area contributed by atoms with Gasteiger partial charge < -0.3 is 9.64 Å². The van der Waals surface area contributed by atoms with Crippen molar-refractivity contribution in [2.75, 3.05) is 19.0 Å². The molecule has 0 radical (unpaired) electrons. The van der Waals surface area contributed by atoms with Gasteiger partial charge in [0.05, 0.1) is 12.8 Å². The molecule has 4 aromatic rings. The third kappa shape index (κ3) is 5.67. The number of aromatic nitrogens is 2. The molecule has 1 aliphatic rings. The van der Waals surface area contributed by atoms with E-state index in [2.05, 4.69) is 5.32 Å². The number of nitrogens with zero attached hydrogens (tertiary/aromatic N) is 3. The number of aryl methyl sites for hydroxylation is 1. The van der Waals surface area contributed by atoms with Crippen LogP contribution >= 0.6 is 11.6 Å². The zero-order valence-corrected chi connectivity index (χ0v) is 21.4. The zero-order chi connectivity index (χ0) is 25.9. The van der Waals surface area contributed by atoms with Crippen molar-refractivity contribution in [3.8, 4) is 22.7 Å². The number of hydrogen-bond acceptors (Lipinski definition) is 4. The molecule has 1 N–H and O–H groups in total. The molecule has 0 saturated heterocycles. The molecule has 8 heteroatoms. The van der Waals surface area contributed by atoms with E-state index in [1.165, 1.54) is 0 Å². The second-order valence-electron chi connectivity index (χ2n) is 9.11. The van der Waals surface area contributed by atoms with E-state index >= 15 is 0 Å². The lowest BCUT2D eigenvalue weighted by Crippen LogP contribution is -2.39. The number of methoxy groups -OCH3 is 1. The number of carbonyl (C=O) groups excluding carboxylic acids is 2. The second kappa shape index (κ2) is 10.5. The first-order chi connectivity index (χ1) is 17.9. The second-order valence-corrected chi connectivity index (χ2v) is 9.54. The van der Waals surface area contributed by atoms with Gasteiger partial charge in [-0.1, -0.05) is 47.5 Å². The fraction of sp³-hybridized carbons (Fsp3) is 0.207. The summed E-state index contributed by atoms with van der Waals surface area (Å²) < 4.78 is 7.10. The number of rotatable bonds is 8. The molecule has 1 heterocycles. The largest absolute Gasteiger partial charge is 0.497 e. The van der Waals surface area contributed by atoms with Crippen molar-refractivity contribution >= 4 is 29.4 Å². The number of imidazole rings is 1. The minimum atomic E-state index is -0.315. The summed E-state index contributed by atoms with van der Waals surface area (Å²) in [5.41, 5.74) is 4.05. The molecule has 37 heavy (non-hydrogen) atoms. The molecular formula is C29H27ClN4O3. The molecule has 188 valence electrons. The number of anilines is 1. The monoisotopic (exact) mass is 514 g/mol. The van der Waals surface area contributed by atoms with Crippen LogP contribution < -0.4 is 10.1 Å². The fourth-order valence-electron chi connectivity index (χ4n) is 4.12. The Bertz CT molecular complexity index is 1430. The first-order valence-electron chi connectivity index (χ1n) is 12.1. The quantitative estimate of drug-likeness (QED) is 0.324. The average molecular weight is 515 g/mol. The summed E-state index contributed by atoms with van der Waals surface area (Å²) in [6.07, 6.45) is 3.63. The maximum Gasteiger partial charge on any atom is 0.254 e. The molecule has 0 unspecified atom stereocenters. The van der Waals surface area contributed by atoms with Crippen LogP contribution in [-0.4, -0.2) is 46.0 Å². The van der Waals surface area contributed by atoms with E-state index in [4.69, 9.17) is 21.3 Å². The van der Waals surface area contributed by atoms with Crippen LogP contribution in [0.5, 0.6) is 5.75 Å². The predicted octanol–water partition coefficient (Wildman–Crippen LogP) is 5.75. The van der Waals surface area contributed by atoms with Crippen molar-refractivity contribution in [2.45, 2.75) is 25.8 Å². The third-order valence-corrected chi connectivity index (χ3v) is 6.54. The van der Waals surface area contributed by atoms with Gasteiger partial charge in [0.25, 0.3) is 5.91 Å². The number of nitrogens with one attached hydrogen (secondary N) is 1. The highest BCUT2D eigenvalue weighted by atomic mass is 35.5. The summed E-state index contributed by atoms with van der Waals surface area (Å²) in [5.74, 6) is 0.467. The fourth-order valence-corrected chi connectivity index (χ4v) is 4.25.